The van der Waals surface area contributed by atoms with Gasteiger partial charge in [-0.05, 0) is 61.2 Å². The lowest BCUT2D eigenvalue weighted by Crippen LogP contribution is -2.22. The Labute approximate surface area is 169 Å². The first-order chi connectivity index (χ1) is 14.2. The molecule has 1 atom stereocenters. The van der Waals surface area contributed by atoms with Crippen LogP contribution in [-0.4, -0.2) is 33.9 Å². The Bertz CT molecular complexity index is 991. The molecule has 1 aromatic carbocycles. The average Bonchev–Trinajstić information content (AvgIpc) is 3.42. The number of rotatable bonds is 7. The number of hydrogen-bond acceptors (Lipinski definition) is 4. The number of carbonyl (C=O) groups excluding carboxylic acids is 2. The van der Waals surface area contributed by atoms with E-state index in [1.54, 1.807) is 30.5 Å². The zero-order valence-electron chi connectivity index (χ0n) is 16.1. The Morgan fingerprint density at radius 1 is 1.17 bits per heavy atom. The molecule has 0 aliphatic carbocycles. The Morgan fingerprint density at radius 3 is 2.83 bits per heavy atom. The Balaban J connectivity index is 1.26. The van der Waals surface area contributed by atoms with Crippen LogP contribution in [0.3, 0.4) is 0 Å². The molecular formula is C22H24N4O3. The smallest absolute Gasteiger partial charge is 0.251 e. The molecule has 1 fully saturated rings. The standard InChI is InChI=1S/C22H24N4O3/c27-21(8-7-19-2-1-13-29-19)25-18-5-3-17(4-6-18)22(28)24-15-16-9-11-26-12-10-23-20(26)14-16/h3-6,9-12,14,19H,1-2,7-8,13,15H2,(H,24,28)(H,25,27). The largest absolute Gasteiger partial charge is 0.378 e. The maximum Gasteiger partial charge on any atom is 0.251 e. The Kier molecular flexibility index (Phi) is 5.86. The fourth-order valence-electron chi connectivity index (χ4n) is 3.44. The summed E-state index contributed by atoms with van der Waals surface area (Å²) in [6, 6.07) is 10.8. The molecule has 29 heavy (non-hydrogen) atoms. The molecule has 0 saturated carbocycles. The van der Waals surface area contributed by atoms with Crippen molar-refractivity contribution >= 4 is 23.1 Å². The number of fused-ring (bicyclic) bond motifs is 1. The highest BCUT2D eigenvalue weighted by Crippen LogP contribution is 2.17. The first-order valence-electron chi connectivity index (χ1n) is 9.89. The number of hydrogen-bond donors (Lipinski definition) is 2. The molecule has 0 bridgehead atoms. The van der Waals surface area contributed by atoms with Crippen molar-refractivity contribution in [2.24, 2.45) is 0 Å². The highest BCUT2D eigenvalue weighted by Gasteiger charge is 2.16. The molecule has 2 aromatic heterocycles. The highest BCUT2D eigenvalue weighted by molar-refractivity contribution is 5.95. The Morgan fingerprint density at radius 2 is 2.03 bits per heavy atom. The first kappa shape index (κ1) is 19.1. The molecule has 0 spiro atoms. The van der Waals surface area contributed by atoms with Crippen LogP contribution < -0.4 is 10.6 Å². The number of imidazole rings is 1. The molecule has 3 aromatic rings. The molecule has 1 aliphatic heterocycles. The maximum atomic E-state index is 12.4. The summed E-state index contributed by atoms with van der Waals surface area (Å²) >= 11 is 0. The quantitative estimate of drug-likeness (QED) is 0.647. The molecule has 1 saturated heterocycles. The van der Waals surface area contributed by atoms with E-state index in [0.29, 0.717) is 24.2 Å². The van der Waals surface area contributed by atoms with Crippen LogP contribution in [0.5, 0.6) is 0 Å². The lowest BCUT2D eigenvalue weighted by atomic mass is 10.1. The molecular weight excluding hydrogens is 368 g/mol. The van der Waals surface area contributed by atoms with Crippen LogP contribution in [0.4, 0.5) is 5.69 Å². The van der Waals surface area contributed by atoms with Crippen molar-refractivity contribution in [3.05, 3.63) is 66.1 Å². The number of pyridine rings is 1. The van der Waals surface area contributed by atoms with E-state index in [0.717, 1.165) is 37.1 Å². The van der Waals surface area contributed by atoms with Crippen LogP contribution in [0.1, 0.15) is 41.6 Å². The van der Waals surface area contributed by atoms with Gasteiger partial charge in [0.1, 0.15) is 5.65 Å². The van der Waals surface area contributed by atoms with Gasteiger partial charge in [0.2, 0.25) is 5.91 Å². The van der Waals surface area contributed by atoms with Crippen molar-refractivity contribution < 1.29 is 14.3 Å². The fraction of sp³-hybridized carbons (Fsp3) is 0.318. The summed E-state index contributed by atoms with van der Waals surface area (Å²) in [5, 5.41) is 5.78. The minimum atomic E-state index is -0.163. The summed E-state index contributed by atoms with van der Waals surface area (Å²) < 4.78 is 7.45. The van der Waals surface area contributed by atoms with Gasteiger partial charge in [-0.3, -0.25) is 9.59 Å². The summed E-state index contributed by atoms with van der Waals surface area (Å²) in [7, 11) is 0. The van der Waals surface area contributed by atoms with Gasteiger partial charge in [-0.15, -0.1) is 0 Å². The van der Waals surface area contributed by atoms with Gasteiger partial charge in [-0.25, -0.2) is 4.98 Å². The van der Waals surface area contributed by atoms with Crippen molar-refractivity contribution in [3.8, 4) is 0 Å². The van der Waals surface area contributed by atoms with Crippen molar-refractivity contribution in [2.45, 2.75) is 38.3 Å². The van der Waals surface area contributed by atoms with Crippen LogP contribution in [0.25, 0.3) is 5.65 Å². The monoisotopic (exact) mass is 392 g/mol. The van der Waals surface area contributed by atoms with Crippen molar-refractivity contribution in [1.29, 1.82) is 0 Å². The van der Waals surface area contributed by atoms with Crippen molar-refractivity contribution in [3.63, 3.8) is 0 Å². The predicted molar refractivity (Wildman–Crippen MR) is 110 cm³/mol. The SMILES string of the molecule is O=C(CCC1CCCO1)Nc1ccc(C(=O)NCc2ccn3ccnc3c2)cc1. The van der Waals surface area contributed by atoms with Crippen LogP contribution in [0.15, 0.2) is 55.0 Å². The second-order valence-corrected chi connectivity index (χ2v) is 7.21. The van der Waals surface area contributed by atoms with Gasteiger partial charge in [0.15, 0.2) is 0 Å². The van der Waals surface area contributed by atoms with Crippen LogP contribution in [0.2, 0.25) is 0 Å². The second-order valence-electron chi connectivity index (χ2n) is 7.21. The maximum absolute atomic E-state index is 12.4. The minimum Gasteiger partial charge on any atom is -0.378 e. The number of ether oxygens (including phenoxy) is 1. The third kappa shape index (κ3) is 5.00. The molecule has 1 unspecified atom stereocenters. The fourth-order valence-corrected chi connectivity index (χ4v) is 3.44. The third-order valence-corrected chi connectivity index (χ3v) is 5.06. The summed E-state index contributed by atoms with van der Waals surface area (Å²) in [4.78, 5) is 28.7. The van der Waals surface area contributed by atoms with Gasteiger partial charge in [-0.1, -0.05) is 0 Å². The van der Waals surface area contributed by atoms with Crippen LogP contribution in [-0.2, 0) is 16.1 Å². The number of benzene rings is 1. The second kappa shape index (κ2) is 8.87. The number of nitrogens with zero attached hydrogens (tertiary/aromatic N) is 2. The molecule has 150 valence electrons. The van der Waals surface area contributed by atoms with Crippen molar-refractivity contribution in [1.82, 2.24) is 14.7 Å². The number of nitrogens with one attached hydrogen (secondary N) is 2. The van der Waals surface area contributed by atoms with Crippen LogP contribution in [0, 0.1) is 0 Å². The third-order valence-electron chi connectivity index (χ3n) is 5.06. The van der Waals surface area contributed by atoms with Gasteiger partial charge < -0.3 is 19.8 Å². The molecule has 4 rings (SSSR count). The van der Waals surface area contributed by atoms with Gasteiger partial charge in [0.25, 0.3) is 5.91 Å². The highest BCUT2D eigenvalue weighted by atomic mass is 16.5. The summed E-state index contributed by atoms with van der Waals surface area (Å²) in [5.74, 6) is -0.198. The summed E-state index contributed by atoms with van der Waals surface area (Å²) in [6.07, 6.45) is 9.04. The normalized spacial score (nSPS) is 16.1. The van der Waals surface area contributed by atoms with E-state index in [2.05, 4.69) is 15.6 Å². The Hall–Kier alpha value is -3.19. The number of carbonyl (C=O) groups is 2. The first-order valence-corrected chi connectivity index (χ1v) is 9.89. The lowest BCUT2D eigenvalue weighted by molar-refractivity contribution is -0.116. The number of amides is 2. The van der Waals surface area contributed by atoms with Gasteiger partial charge in [0.05, 0.1) is 6.10 Å². The van der Waals surface area contributed by atoms with Crippen LogP contribution >= 0.6 is 0 Å². The zero-order chi connectivity index (χ0) is 20.1. The van der Waals surface area contributed by atoms with E-state index in [1.807, 2.05) is 28.9 Å². The number of anilines is 1. The molecule has 0 radical (unpaired) electrons. The average molecular weight is 392 g/mol. The molecule has 7 heteroatoms. The van der Waals surface area contributed by atoms with E-state index in [9.17, 15) is 9.59 Å². The van der Waals surface area contributed by atoms with E-state index in [-0.39, 0.29) is 17.9 Å². The molecule has 1 aliphatic rings. The zero-order valence-corrected chi connectivity index (χ0v) is 16.1. The molecule has 7 nitrogen and oxygen atoms in total. The number of aromatic nitrogens is 2. The molecule has 2 amide bonds. The predicted octanol–water partition coefficient (Wildman–Crippen LogP) is 3.16. The van der Waals surface area contributed by atoms with E-state index < -0.39 is 0 Å². The molecule has 2 N–H and O–H groups in total. The van der Waals surface area contributed by atoms with E-state index in [4.69, 9.17) is 4.74 Å². The lowest BCUT2D eigenvalue weighted by Gasteiger charge is -2.10. The summed E-state index contributed by atoms with van der Waals surface area (Å²) in [5.41, 5.74) is 3.05. The molecule has 3 heterocycles. The van der Waals surface area contributed by atoms with Crippen molar-refractivity contribution in [2.75, 3.05) is 11.9 Å². The minimum absolute atomic E-state index is 0.0351. The van der Waals surface area contributed by atoms with E-state index >= 15 is 0 Å². The summed E-state index contributed by atoms with van der Waals surface area (Å²) in [6.45, 7) is 1.22. The van der Waals surface area contributed by atoms with E-state index in [1.165, 1.54) is 0 Å². The topological polar surface area (TPSA) is 84.7 Å². The van der Waals surface area contributed by atoms with Gasteiger partial charge in [0, 0.05) is 49.4 Å². The van der Waals surface area contributed by atoms with Gasteiger partial charge >= 0.3 is 0 Å². The van der Waals surface area contributed by atoms with Gasteiger partial charge in [-0.2, -0.15) is 0 Å².